The van der Waals surface area contributed by atoms with Crippen LogP contribution in [0.15, 0.2) is 54.6 Å². The van der Waals surface area contributed by atoms with Gasteiger partial charge >= 0.3 is 6.18 Å². The molecule has 0 saturated carbocycles. The van der Waals surface area contributed by atoms with Crippen LogP contribution in [0.25, 0.3) is 22.4 Å². The van der Waals surface area contributed by atoms with E-state index in [0.717, 1.165) is 42.8 Å². The number of fused-ring (bicyclic) bond motifs is 1. The number of aromatic nitrogens is 3. The number of carbonyl (C=O) groups excluding carboxylic acids is 1. The molecule has 2 aromatic carbocycles. The lowest BCUT2D eigenvalue weighted by molar-refractivity contribution is -0.141. The molecule has 198 valence electrons. The first kappa shape index (κ1) is 26.1. The predicted molar refractivity (Wildman–Crippen MR) is 139 cm³/mol. The standard InChI is InChI=1S/C27H25ClF3N5O2/c1-17-19(7-9-24(32-17)27(29,30)31)26(37)33-18-6-8-21(28)20(16-18)25-34-22-4-2-3-5-23(22)36(25)11-10-35-12-14-38-15-13-35/h2-9,16H,10-15H2,1H3,(H,33,37). The third kappa shape index (κ3) is 5.52. The molecule has 1 N–H and O–H groups in total. The molecule has 0 spiro atoms. The summed E-state index contributed by atoms with van der Waals surface area (Å²) in [6, 6.07) is 14.8. The van der Waals surface area contributed by atoms with Crippen molar-refractivity contribution in [2.75, 3.05) is 38.2 Å². The van der Waals surface area contributed by atoms with Crippen molar-refractivity contribution in [3.8, 4) is 11.4 Å². The number of nitrogens with one attached hydrogen (secondary N) is 1. The molecule has 1 fully saturated rings. The van der Waals surface area contributed by atoms with Gasteiger partial charge in [0.1, 0.15) is 11.5 Å². The monoisotopic (exact) mass is 543 g/mol. The molecule has 0 unspecified atom stereocenters. The second-order valence-electron chi connectivity index (χ2n) is 9.01. The molecule has 38 heavy (non-hydrogen) atoms. The Hall–Kier alpha value is -3.47. The second kappa shape index (κ2) is 10.7. The quantitative estimate of drug-likeness (QED) is 0.339. The smallest absolute Gasteiger partial charge is 0.379 e. The Balaban J connectivity index is 1.44. The number of imidazole rings is 1. The zero-order valence-electron chi connectivity index (χ0n) is 20.6. The van der Waals surface area contributed by atoms with Crippen LogP contribution in [-0.4, -0.2) is 58.2 Å². The van der Waals surface area contributed by atoms with Crippen molar-refractivity contribution < 1.29 is 22.7 Å². The van der Waals surface area contributed by atoms with Gasteiger partial charge in [0.2, 0.25) is 0 Å². The molecule has 1 amide bonds. The number of benzene rings is 2. The fourth-order valence-corrected chi connectivity index (χ4v) is 4.71. The third-order valence-corrected chi connectivity index (χ3v) is 6.81. The van der Waals surface area contributed by atoms with Gasteiger partial charge in [-0.05, 0) is 49.4 Å². The van der Waals surface area contributed by atoms with E-state index in [0.29, 0.717) is 41.9 Å². The first-order valence-electron chi connectivity index (χ1n) is 12.1. The van der Waals surface area contributed by atoms with Crippen LogP contribution in [-0.2, 0) is 17.5 Å². The molecule has 1 aliphatic heterocycles. The van der Waals surface area contributed by atoms with Crippen LogP contribution in [0.3, 0.4) is 0 Å². The van der Waals surface area contributed by atoms with Gasteiger partial charge < -0.3 is 14.6 Å². The summed E-state index contributed by atoms with van der Waals surface area (Å²) in [5.74, 6) is 0.0887. The number of ether oxygens (including phenoxy) is 1. The fourth-order valence-electron chi connectivity index (χ4n) is 4.51. The number of carbonyl (C=O) groups is 1. The lowest BCUT2D eigenvalue weighted by atomic mass is 10.1. The number of nitrogens with zero attached hydrogens (tertiary/aromatic N) is 4. The van der Waals surface area contributed by atoms with Gasteiger partial charge in [0, 0.05) is 37.4 Å². The molecule has 4 aromatic rings. The molecule has 3 heterocycles. The van der Waals surface area contributed by atoms with Crippen LogP contribution in [0.4, 0.5) is 18.9 Å². The minimum atomic E-state index is -4.59. The summed E-state index contributed by atoms with van der Waals surface area (Å²) >= 11 is 6.61. The van der Waals surface area contributed by atoms with Gasteiger partial charge in [-0.1, -0.05) is 23.7 Å². The SMILES string of the molecule is Cc1nc(C(F)(F)F)ccc1C(=O)Nc1ccc(Cl)c(-c2nc3ccccc3n2CCN2CCOCC2)c1. The normalized spacial score (nSPS) is 14.7. The average molecular weight is 544 g/mol. The van der Waals surface area contributed by atoms with Gasteiger partial charge in [-0.15, -0.1) is 0 Å². The largest absolute Gasteiger partial charge is 0.433 e. The van der Waals surface area contributed by atoms with E-state index < -0.39 is 17.8 Å². The Morgan fingerprint density at radius 1 is 1.05 bits per heavy atom. The lowest BCUT2D eigenvalue weighted by Gasteiger charge is -2.27. The van der Waals surface area contributed by atoms with Crippen molar-refractivity contribution in [3.63, 3.8) is 0 Å². The Labute approximate surface area is 222 Å². The number of pyridine rings is 1. The number of hydrogen-bond acceptors (Lipinski definition) is 5. The number of halogens is 4. The maximum atomic E-state index is 13.0. The number of alkyl halides is 3. The number of amides is 1. The average Bonchev–Trinajstić information content (AvgIpc) is 3.27. The number of aryl methyl sites for hydroxylation is 1. The van der Waals surface area contributed by atoms with Crippen molar-refractivity contribution in [1.29, 1.82) is 0 Å². The zero-order valence-corrected chi connectivity index (χ0v) is 21.3. The van der Waals surface area contributed by atoms with E-state index >= 15 is 0 Å². The Morgan fingerprint density at radius 2 is 1.82 bits per heavy atom. The number of anilines is 1. The van der Waals surface area contributed by atoms with E-state index in [9.17, 15) is 18.0 Å². The van der Waals surface area contributed by atoms with Gasteiger partial charge in [0.25, 0.3) is 5.91 Å². The molecular formula is C27H25ClF3N5O2. The molecular weight excluding hydrogens is 519 g/mol. The second-order valence-corrected chi connectivity index (χ2v) is 9.41. The summed E-state index contributed by atoms with van der Waals surface area (Å²) in [5.41, 5.74) is 1.83. The highest BCUT2D eigenvalue weighted by atomic mass is 35.5. The molecule has 11 heteroatoms. The summed E-state index contributed by atoms with van der Waals surface area (Å²) in [4.78, 5) is 23.6. The van der Waals surface area contributed by atoms with Gasteiger partial charge in [0.05, 0.1) is 40.5 Å². The molecule has 7 nitrogen and oxygen atoms in total. The van der Waals surface area contributed by atoms with E-state index in [-0.39, 0.29) is 11.3 Å². The Kier molecular flexibility index (Phi) is 7.38. The van der Waals surface area contributed by atoms with Crippen LogP contribution in [0.2, 0.25) is 5.02 Å². The van der Waals surface area contributed by atoms with Crippen molar-refractivity contribution in [3.05, 3.63) is 76.6 Å². The first-order valence-corrected chi connectivity index (χ1v) is 12.5. The summed E-state index contributed by atoms with van der Waals surface area (Å²) in [6.07, 6.45) is -4.59. The van der Waals surface area contributed by atoms with Gasteiger partial charge in [-0.3, -0.25) is 9.69 Å². The maximum Gasteiger partial charge on any atom is 0.433 e. The number of morpholine rings is 1. The van der Waals surface area contributed by atoms with Crippen LogP contribution < -0.4 is 5.32 Å². The van der Waals surface area contributed by atoms with Gasteiger partial charge in [0.15, 0.2) is 0 Å². The summed E-state index contributed by atoms with van der Waals surface area (Å²) in [5, 5.41) is 3.21. The van der Waals surface area contributed by atoms with Gasteiger partial charge in [-0.2, -0.15) is 13.2 Å². The minimum absolute atomic E-state index is 0.0172. The van der Waals surface area contributed by atoms with Gasteiger partial charge in [-0.25, -0.2) is 9.97 Å². The number of para-hydroxylation sites is 2. The number of rotatable bonds is 6. The van der Waals surface area contributed by atoms with E-state index in [1.54, 1.807) is 18.2 Å². The molecule has 1 saturated heterocycles. The first-order chi connectivity index (χ1) is 18.2. The molecule has 2 aromatic heterocycles. The van der Waals surface area contributed by atoms with Crippen LogP contribution in [0, 0.1) is 6.92 Å². The Morgan fingerprint density at radius 3 is 2.55 bits per heavy atom. The van der Waals surface area contributed by atoms with Crippen molar-refractivity contribution in [2.45, 2.75) is 19.6 Å². The lowest BCUT2D eigenvalue weighted by Crippen LogP contribution is -2.38. The minimum Gasteiger partial charge on any atom is -0.379 e. The third-order valence-electron chi connectivity index (χ3n) is 6.48. The molecule has 5 rings (SSSR count). The highest BCUT2D eigenvalue weighted by Crippen LogP contribution is 2.33. The zero-order chi connectivity index (χ0) is 26.9. The van der Waals surface area contributed by atoms with Crippen molar-refractivity contribution >= 4 is 34.2 Å². The molecule has 0 bridgehead atoms. The number of hydrogen-bond donors (Lipinski definition) is 1. The van der Waals surface area contributed by atoms with E-state index in [1.807, 2.05) is 24.3 Å². The van der Waals surface area contributed by atoms with Crippen LogP contribution >= 0.6 is 11.6 Å². The van der Waals surface area contributed by atoms with E-state index in [4.69, 9.17) is 21.3 Å². The molecule has 0 aliphatic carbocycles. The highest BCUT2D eigenvalue weighted by Gasteiger charge is 2.33. The highest BCUT2D eigenvalue weighted by molar-refractivity contribution is 6.33. The molecule has 1 aliphatic rings. The van der Waals surface area contributed by atoms with Crippen LogP contribution in [0.5, 0.6) is 0 Å². The van der Waals surface area contributed by atoms with Crippen LogP contribution in [0.1, 0.15) is 21.7 Å². The van der Waals surface area contributed by atoms with Crippen molar-refractivity contribution in [2.24, 2.45) is 0 Å². The Bertz CT molecular complexity index is 1480. The predicted octanol–water partition coefficient (Wildman–Crippen LogP) is 5.66. The summed E-state index contributed by atoms with van der Waals surface area (Å²) in [7, 11) is 0. The maximum absolute atomic E-state index is 13.0. The summed E-state index contributed by atoms with van der Waals surface area (Å²) in [6.45, 7) is 6.00. The topological polar surface area (TPSA) is 72.3 Å². The molecule has 0 radical (unpaired) electrons. The van der Waals surface area contributed by atoms with E-state index in [2.05, 4.69) is 19.8 Å². The fraction of sp³-hybridized carbons (Fsp3) is 0.296. The summed E-state index contributed by atoms with van der Waals surface area (Å²) < 4.78 is 46.5. The van der Waals surface area contributed by atoms with E-state index in [1.165, 1.54) is 6.92 Å². The molecule has 0 atom stereocenters. The van der Waals surface area contributed by atoms with Crippen molar-refractivity contribution in [1.82, 2.24) is 19.4 Å².